The van der Waals surface area contributed by atoms with Gasteiger partial charge in [0.15, 0.2) is 17.9 Å². The molecule has 0 radical (unpaired) electrons. The van der Waals surface area contributed by atoms with Crippen LogP contribution in [-0.4, -0.2) is 74.6 Å². The van der Waals surface area contributed by atoms with Crippen LogP contribution in [0.1, 0.15) is 25.6 Å². The first-order chi connectivity index (χ1) is 14.2. The summed E-state index contributed by atoms with van der Waals surface area (Å²) < 4.78 is 12.6. The zero-order chi connectivity index (χ0) is 21.7. The van der Waals surface area contributed by atoms with E-state index < -0.39 is 36.6 Å². The first kappa shape index (κ1) is 20.5. The first-order valence-corrected chi connectivity index (χ1v) is 9.58. The van der Waals surface area contributed by atoms with Gasteiger partial charge in [0.25, 0.3) is 0 Å². The highest BCUT2D eigenvalue weighted by Gasteiger charge is 2.45. The molecule has 30 heavy (non-hydrogen) atoms. The Hall–Kier alpha value is -2.80. The molecule has 0 saturated carbocycles. The SMILES string of the molecule is CC(C)C(N)C(=O)OC[C@H]1O[C@@H](n2cc3c4c(ncnc42)N(C)N=C3N)[C@@H](O)C1O. The number of aromatic nitrogens is 3. The van der Waals surface area contributed by atoms with Gasteiger partial charge < -0.3 is 35.7 Å². The van der Waals surface area contributed by atoms with Gasteiger partial charge in [0.2, 0.25) is 0 Å². The maximum absolute atomic E-state index is 12.0. The molecule has 0 aliphatic carbocycles. The van der Waals surface area contributed by atoms with Gasteiger partial charge in [-0.15, -0.1) is 0 Å². The number of nitrogens with two attached hydrogens (primary N) is 2. The second-order valence-electron chi connectivity index (χ2n) is 7.80. The Bertz CT molecular complexity index is 1010. The number of aliphatic hydroxyl groups excluding tert-OH is 2. The van der Waals surface area contributed by atoms with Gasteiger partial charge in [-0.1, -0.05) is 13.8 Å². The zero-order valence-corrected chi connectivity index (χ0v) is 16.8. The van der Waals surface area contributed by atoms with Gasteiger partial charge in [-0.2, -0.15) is 5.10 Å². The highest BCUT2D eigenvalue weighted by atomic mass is 16.6. The Kier molecular flexibility index (Phi) is 5.10. The van der Waals surface area contributed by atoms with E-state index in [1.807, 2.05) is 0 Å². The quantitative estimate of drug-likeness (QED) is 0.424. The summed E-state index contributed by atoms with van der Waals surface area (Å²) in [5, 5.41) is 27.5. The van der Waals surface area contributed by atoms with E-state index in [4.69, 9.17) is 20.9 Å². The van der Waals surface area contributed by atoms with Crippen LogP contribution in [0.2, 0.25) is 0 Å². The van der Waals surface area contributed by atoms with E-state index >= 15 is 0 Å². The molecular weight excluding hydrogens is 394 g/mol. The third-order valence-electron chi connectivity index (χ3n) is 5.42. The summed E-state index contributed by atoms with van der Waals surface area (Å²) in [6.45, 7) is 3.36. The summed E-state index contributed by atoms with van der Waals surface area (Å²) in [6, 6.07) is -0.781. The topological polar surface area (TPSA) is 174 Å². The fourth-order valence-electron chi connectivity index (χ4n) is 3.59. The van der Waals surface area contributed by atoms with Crippen molar-refractivity contribution in [2.45, 2.75) is 44.4 Å². The molecule has 1 saturated heterocycles. The molecule has 2 aromatic heterocycles. The molecule has 0 amide bonds. The fourth-order valence-corrected chi connectivity index (χ4v) is 3.59. The summed E-state index contributed by atoms with van der Waals surface area (Å²) in [7, 11) is 1.71. The lowest BCUT2D eigenvalue weighted by molar-refractivity contribution is -0.152. The molecule has 0 aromatic carbocycles. The number of nitrogens with zero attached hydrogens (tertiary/aromatic N) is 5. The van der Waals surface area contributed by atoms with Crippen molar-refractivity contribution in [3.8, 4) is 0 Å². The normalized spacial score (nSPS) is 26.9. The first-order valence-electron chi connectivity index (χ1n) is 9.58. The van der Waals surface area contributed by atoms with Crippen LogP contribution in [0.3, 0.4) is 0 Å². The number of amidine groups is 1. The molecule has 2 aromatic rings. The number of carbonyl (C=O) groups is 1. The molecule has 2 aliphatic heterocycles. The van der Waals surface area contributed by atoms with Crippen molar-refractivity contribution < 1.29 is 24.5 Å². The van der Waals surface area contributed by atoms with Gasteiger partial charge in [-0.05, 0) is 5.92 Å². The number of hydrazone groups is 1. The fraction of sp³-hybridized carbons (Fsp3) is 0.556. The van der Waals surface area contributed by atoms with E-state index in [0.717, 1.165) is 0 Å². The number of hydrogen-bond acceptors (Lipinski definition) is 11. The van der Waals surface area contributed by atoms with Gasteiger partial charge in [0.05, 0.1) is 5.39 Å². The molecule has 4 heterocycles. The summed E-state index contributed by atoms with van der Waals surface area (Å²) >= 11 is 0. The molecule has 1 fully saturated rings. The van der Waals surface area contributed by atoms with Crippen LogP contribution in [0, 0.1) is 5.92 Å². The van der Waals surface area contributed by atoms with Crippen LogP contribution < -0.4 is 16.5 Å². The van der Waals surface area contributed by atoms with Crippen LogP contribution >= 0.6 is 0 Å². The zero-order valence-electron chi connectivity index (χ0n) is 16.8. The molecule has 12 heteroatoms. The molecular formula is C18H25N7O5. The van der Waals surface area contributed by atoms with E-state index in [0.29, 0.717) is 22.4 Å². The van der Waals surface area contributed by atoms with Crippen LogP contribution in [0.25, 0.3) is 11.0 Å². The number of rotatable bonds is 5. The van der Waals surface area contributed by atoms with Crippen molar-refractivity contribution in [1.82, 2.24) is 14.5 Å². The largest absolute Gasteiger partial charge is 0.462 e. The van der Waals surface area contributed by atoms with E-state index in [-0.39, 0.29) is 18.4 Å². The summed E-state index contributed by atoms with van der Waals surface area (Å²) in [6.07, 6.45) is -1.45. The lowest BCUT2D eigenvalue weighted by Gasteiger charge is -2.19. The number of ether oxygens (including phenoxy) is 2. The molecule has 162 valence electrons. The molecule has 2 aliphatic rings. The minimum absolute atomic E-state index is 0.0940. The molecule has 2 unspecified atom stereocenters. The van der Waals surface area contributed by atoms with Crippen LogP contribution in [0.5, 0.6) is 0 Å². The summed E-state index contributed by atoms with van der Waals surface area (Å²) in [4.78, 5) is 20.5. The average Bonchev–Trinajstić information content (AvgIpc) is 3.23. The summed E-state index contributed by atoms with van der Waals surface area (Å²) in [5.41, 5.74) is 12.9. The Morgan fingerprint density at radius 2 is 2.07 bits per heavy atom. The van der Waals surface area contributed by atoms with Crippen molar-refractivity contribution in [3.63, 3.8) is 0 Å². The predicted molar refractivity (Wildman–Crippen MR) is 106 cm³/mol. The van der Waals surface area contributed by atoms with Crippen molar-refractivity contribution in [1.29, 1.82) is 0 Å². The van der Waals surface area contributed by atoms with Gasteiger partial charge in [-0.3, -0.25) is 4.79 Å². The number of hydrogen-bond donors (Lipinski definition) is 4. The monoisotopic (exact) mass is 419 g/mol. The minimum Gasteiger partial charge on any atom is -0.462 e. The molecule has 12 nitrogen and oxygen atoms in total. The van der Waals surface area contributed by atoms with Crippen molar-refractivity contribution >= 4 is 28.7 Å². The van der Waals surface area contributed by atoms with Gasteiger partial charge in [0.1, 0.15) is 42.9 Å². The number of anilines is 1. The lowest BCUT2D eigenvalue weighted by atomic mass is 10.1. The van der Waals surface area contributed by atoms with Gasteiger partial charge in [-0.25, -0.2) is 15.0 Å². The van der Waals surface area contributed by atoms with Gasteiger partial charge in [0, 0.05) is 18.8 Å². The number of esters is 1. The molecule has 0 spiro atoms. The predicted octanol–water partition coefficient (Wildman–Crippen LogP) is -1.35. The third kappa shape index (κ3) is 3.17. The molecule has 6 N–H and O–H groups in total. The van der Waals surface area contributed by atoms with E-state index in [1.54, 1.807) is 31.7 Å². The maximum Gasteiger partial charge on any atom is 0.323 e. The summed E-state index contributed by atoms with van der Waals surface area (Å²) in [5.74, 6) is 0.139. The van der Waals surface area contributed by atoms with E-state index in [9.17, 15) is 15.0 Å². The standard InChI is InChI=1S/C18H25N7O5/c1-7(2)11(19)18(28)29-5-9-12(26)13(27)17(30-9)25-4-8-10-15(21-6-22-16(10)25)24(3)23-14(8)20/h4,6-7,9,11-13,17,26-27H,5,19H2,1-3H3,(H2,20,23)/t9-,11?,12?,13+,17-/m1/s1. The van der Waals surface area contributed by atoms with E-state index in [1.165, 1.54) is 11.3 Å². The minimum atomic E-state index is -1.29. The Balaban J connectivity index is 1.60. The number of carbonyl (C=O) groups excluding carboxylic acids is 1. The Morgan fingerprint density at radius 1 is 1.33 bits per heavy atom. The maximum atomic E-state index is 12.0. The molecule has 4 rings (SSSR count). The number of aliphatic hydroxyl groups is 2. The smallest absolute Gasteiger partial charge is 0.323 e. The van der Waals surface area contributed by atoms with Crippen molar-refractivity contribution in [2.75, 3.05) is 18.7 Å². The highest BCUT2D eigenvalue weighted by molar-refractivity contribution is 6.13. The van der Waals surface area contributed by atoms with Crippen LogP contribution in [0.15, 0.2) is 17.6 Å². The molecule has 5 atom stereocenters. The van der Waals surface area contributed by atoms with Crippen molar-refractivity contribution in [3.05, 3.63) is 18.1 Å². The van der Waals surface area contributed by atoms with Crippen LogP contribution in [0.4, 0.5) is 5.82 Å². The highest BCUT2D eigenvalue weighted by Crippen LogP contribution is 2.37. The van der Waals surface area contributed by atoms with Crippen molar-refractivity contribution in [2.24, 2.45) is 22.5 Å². The average molecular weight is 419 g/mol. The third-order valence-corrected chi connectivity index (χ3v) is 5.42. The lowest BCUT2D eigenvalue weighted by Crippen LogP contribution is -2.40. The Labute approximate surface area is 172 Å². The van der Waals surface area contributed by atoms with E-state index in [2.05, 4.69) is 15.1 Å². The van der Waals surface area contributed by atoms with Gasteiger partial charge >= 0.3 is 5.97 Å². The van der Waals surface area contributed by atoms with Crippen LogP contribution in [-0.2, 0) is 14.3 Å². The Morgan fingerprint density at radius 3 is 2.77 bits per heavy atom. The molecule has 0 bridgehead atoms. The second-order valence-corrected chi connectivity index (χ2v) is 7.80. The second kappa shape index (κ2) is 7.47.